The number of aliphatic hydroxyl groups excluding tert-OH is 3. The molecule has 22 heavy (non-hydrogen) atoms. The van der Waals surface area contributed by atoms with Crippen molar-refractivity contribution >= 4 is 0 Å². The maximum atomic E-state index is 10.5. The van der Waals surface area contributed by atoms with Crippen LogP contribution < -0.4 is 0 Å². The Balaban J connectivity index is 1.63. The second-order valence-corrected chi connectivity index (χ2v) is 9.37. The maximum absolute atomic E-state index is 10.5. The molecule has 126 valence electrons. The monoisotopic (exact) mass is 308 g/mol. The Hall–Kier alpha value is -0.120. The average molecular weight is 308 g/mol. The van der Waals surface area contributed by atoms with Gasteiger partial charge in [0, 0.05) is 0 Å². The highest BCUT2D eigenvalue weighted by atomic mass is 16.3. The first-order chi connectivity index (χ1) is 10.4. The number of fused-ring (bicyclic) bond motifs is 5. The molecule has 0 radical (unpaired) electrons. The molecular formula is C19H32O3. The van der Waals surface area contributed by atoms with Gasteiger partial charge in [0.2, 0.25) is 0 Å². The molecule has 3 nitrogen and oxygen atoms in total. The second-order valence-electron chi connectivity index (χ2n) is 9.37. The van der Waals surface area contributed by atoms with Crippen molar-refractivity contribution in [2.75, 3.05) is 0 Å². The summed E-state index contributed by atoms with van der Waals surface area (Å²) in [6.45, 7) is 4.71. The van der Waals surface area contributed by atoms with Crippen LogP contribution >= 0.6 is 0 Å². The van der Waals surface area contributed by atoms with E-state index in [2.05, 4.69) is 13.8 Å². The van der Waals surface area contributed by atoms with Crippen molar-refractivity contribution in [3.8, 4) is 0 Å². The highest BCUT2D eigenvalue weighted by Crippen LogP contribution is 2.66. The lowest BCUT2D eigenvalue weighted by atomic mass is 9.45. The van der Waals surface area contributed by atoms with E-state index in [0.29, 0.717) is 17.8 Å². The van der Waals surface area contributed by atoms with Gasteiger partial charge in [0.25, 0.3) is 0 Å². The van der Waals surface area contributed by atoms with E-state index < -0.39 is 12.2 Å². The van der Waals surface area contributed by atoms with Crippen LogP contribution in [0.1, 0.15) is 65.2 Å². The molecule has 3 N–H and O–H groups in total. The quantitative estimate of drug-likeness (QED) is 0.645. The fraction of sp³-hybridized carbons (Fsp3) is 1.00. The van der Waals surface area contributed by atoms with E-state index in [1.54, 1.807) is 0 Å². The highest BCUT2D eigenvalue weighted by molar-refractivity contribution is 5.10. The van der Waals surface area contributed by atoms with Crippen molar-refractivity contribution in [1.82, 2.24) is 0 Å². The normalized spacial score (nSPS) is 61.2. The molecule has 4 unspecified atom stereocenters. The van der Waals surface area contributed by atoms with Crippen LogP contribution in [0.4, 0.5) is 0 Å². The number of hydrogen-bond donors (Lipinski definition) is 3. The van der Waals surface area contributed by atoms with Gasteiger partial charge in [-0.2, -0.15) is 0 Å². The Morgan fingerprint density at radius 3 is 2.27 bits per heavy atom. The Morgan fingerprint density at radius 1 is 0.773 bits per heavy atom. The van der Waals surface area contributed by atoms with Gasteiger partial charge in [0.05, 0.1) is 18.3 Å². The average Bonchev–Trinajstić information content (AvgIpc) is 2.77. The van der Waals surface area contributed by atoms with Gasteiger partial charge in [-0.3, -0.25) is 0 Å². The molecule has 3 heteroatoms. The lowest BCUT2D eigenvalue weighted by molar-refractivity contribution is -0.162. The molecule has 0 spiro atoms. The van der Waals surface area contributed by atoms with E-state index in [1.807, 2.05) is 0 Å². The van der Waals surface area contributed by atoms with Crippen LogP contribution in [0.25, 0.3) is 0 Å². The second kappa shape index (κ2) is 4.94. The molecule has 0 bridgehead atoms. The zero-order valence-electron chi connectivity index (χ0n) is 14.0. The molecule has 4 rings (SSSR count). The van der Waals surface area contributed by atoms with Crippen molar-refractivity contribution < 1.29 is 15.3 Å². The number of rotatable bonds is 0. The number of aliphatic hydroxyl groups is 3. The minimum absolute atomic E-state index is 0.109. The standard InChI is InChI=1S/C19H32O3/c1-18-8-7-14-12(13(18)5-6-17(18)22)4-3-11-9-15(20)16(21)10-19(11,14)2/h11-17,20-22H,3-10H2,1-2H3/t11?,12-,13-,14-,15?,16?,17?,18-,19-/m0/s1. The maximum Gasteiger partial charge on any atom is 0.0804 e. The molecule has 0 aromatic rings. The summed E-state index contributed by atoms with van der Waals surface area (Å²) in [5.41, 5.74) is 0.327. The molecule has 4 aliphatic rings. The van der Waals surface area contributed by atoms with Crippen LogP contribution in [0, 0.1) is 34.5 Å². The van der Waals surface area contributed by atoms with Crippen LogP contribution in [0.15, 0.2) is 0 Å². The third-order valence-electron chi connectivity index (χ3n) is 8.63. The zero-order chi connectivity index (χ0) is 15.7. The van der Waals surface area contributed by atoms with Crippen molar-refractivity contribution in [3.05, 3.63) is 0 Å². The first-order valence-electron chi connectivity index (χ1n) is 9.40. The minimum Gasteiger partial charge on any atom is -0.393 e. The third-order valence-corrected chi connectivity index (χ3v) is 8.63. The molecule has 4 fully saturated rings. The summed E-state index contributed by atoms with van der Waals surface area (Å²) in [4.78, 5) is 0. The Labute approximate surface area is 134 Å². The molecule has 4 saturated carbocycles. The summed E-state index contributed by atoms with van der Waals surface area (Å²) >= 11 is 0. The summed E-state index contributed by atoms with van der Waals surface area (Å²) < 4.78 is 0. The van der Waals surface area contributed by atoms with E-state index in [0.717, 1.165) is 31.6 Å². The summed E-state index contributed by atoms with van der Waals surface area (Å²) in [6, 6.07) is 0. The van der Waals surface area contributed by atoms with Gasteiger partial charge in [-0.05, 0) is 85.9 Å². The molecule has 9 atom stereocenters. The molecule has 0 saturated heterocycles. The molecule has 0 heterocycles. The first-order valence-corrected chi connectivity index (χ1v) is 9.40. The smallest absolute Gasteiger partial charge is 0.0804 e. The largest absolute Gasteiger partial charge is 0.393 e. The van der Waals surface area contributed by atoms with Gasteiger partial charge in [0.1, 0.15) is 0 Å². The predicted octanol–water partition coefficient (Wildman–Crippen LogP) is 2.72. The van der Waals surface area contributed by atoms with Crippen molar-refractivity contribution in [3.63, 3.8) is 0 Å². The summed E-state index contributed by atoms with van der Waals surface area (Å²) in [7, 11) is 0. The van der Waals surface area contributed by atoms with Crippen LogP contribution in [0.5, 0.6) is 0 Å². The van der Waals surface area contributed by atoms with Crippen LogP contribution in [-0.2, 0) is 0 Å². The van der Waals surface area contributed by atoms with E-state index >= 15 is 0 Å². The Morgan fingerprint density at radius 2 is 1.50 bits per heavy atom. The SMILES string of the molecule is C[C@]12CC(O)C(O)CC1CC[C@@H]1[C@@H]2CC[C@]2(C)C(O)CC[C@@H]12. The fourth-order valence-electron chi connectivity index (χ4n) is 7.25. The first kappa shape index (κ1) is 15.4. The summed E-state index contributed by atoms with van der Waals surface area (Å²) in [5, 5.41) is 30.8. The third kappa shape index (κ3) is 1.91. The molecule has 0 aromatic heterocycles. The van der Waals surface area contributed by atoms with Crippen LogP contribution in [0.2, 0.25) is 0 Å². The van der Waals surface area contributed by atoms with Gasteiger partial charge in [-0.15, -0.1) is 0 Å². The van der Waals surface area contributed by atoms with Gasteiger partial charge >= 0.3 is 0 Å². The fourth-order valence-corrected chi connectivity index (χ4v) is 7.25. The van der Waals surface area contributed by atoms with Gasteiger partial charge in [-0.1, -0.05) is 13.8 Å². The molecule has 0 amide bonds. The van der Waals surface area contributed by atoms with Crippen LogP contribution in [-0.4, -0.2) is 33.6 Å². The van der Waals surface area contributed by atoms with E-state index in [1.165, 1.54) is 25.7 Å². The Bertz CT molecular complexity index is 452. The lowest BCUT2D eigenvalue weighted by Crippen LogP contribution is -2.57. The van der Waals surface area contributed by atoms with Gasteiger partial charge < -0.3 is 15.3 Å². The van der Waals surface area contributed by atoms with Crippen LogP contribution in [0.3, 0.4) is 0 Å². The minimum atomic E-state index is -0.539. The van der Waals surface area contributed by atoms with Crippen molar-refractivity contribution in [2.24, 2.45) is 34.5 Å². The summed E-state index contributed by atoms with van der Waals surface area (Å²) in [5.74, 6) is 2.64. The highest BCUT2D eigenvalue weighted by Gasteiger charge is 2.60. The summed E-state index contributed by atoms with van der Waals surface area (Å²) in [6.07, 6.45) is 7.35. The van der Waals surface area contributed by atoms with Gasteiger partial charge in [0.15, 0.2) is 0 Å². The molecule has 0 aromatic carbocycles. The zero-order valence-corrected chi connectivity index (χ0v) is 14.0. The Kier molecular flexibility index (Phi) is 3.46. The van der Waals surface area contributed by atoms with E-state index in [-0.39, 0.29) is 16.9 Å². The molecular weight excluding hydrogens is 276 g/mol. The van der Waals surface area contributed by atoms with E-state index in [9.17, 15) is 15.3 Å². The van der Waals surface area contributed by atoms with E-state index in [4.69, 9.17) is 0 Å². The molecule has 0 aliphatic heterocycles. The predicted molar refractivity (Wildman–Crippen MR) is 85.1 cm³/mol. The molecule has 4 aliphatic carbocycles. The number of hydrogen-bond acceptors (Lipinski definition) is 3. The topological polar surface area (TPSA) is 60.7 Å². The lowest BCUT2D eigenvalue weighted by Gasteiger charge is -2.61. The van der Waals surface area contributed by atoms with Crippen molar-refractivity contribution in [2.45, 2.75) is 83.5 Å². The van der Waals surface area contributed by atoms with Gasteiger partial charge in [-0.25, -0.2) is 0 Å². The van der Waals surface area contributed by atoms with Crippen molar-refractivity contribution in [1.29, 1.82) is 0 Å².